The first-order valence-corrected chi connectivity index (χ1v) is 12.8. The molecule has 0 aliphatic carbocycles. The van der Waals surface area contributed by atoms with Gasteiger partial charge < -0.3 is 9.88 Å². The number of anilines is 2. The smallest absolute Gasteiger partial charge is 0.236 e. The monoisotopic (exact) mass is 466 g/mol. The van der Waals surface area contributed by atoms with Gasteiger partial charge in [-0.15, -0.1) is 21.5 Å². The van der Waals surface area contributed by atoms with Crippen LogP contribution in [0.5, 0.6) is 0 Å². The number of nitrogens with zero attached hydrogens (tertiary/aromatic N) is 5. The van der Waals surface area contributed by atoms with Crippen LogP contribution in [0.25, 0.3) is 0 Å². The molecule has 2 aromatic heterocycles. The topological polar surface area (TPSA) is 110 Å². The second kappa shape index (κ2) is 9.58. The maximum absolute atomic E-state index is 12.3. The summed E-state index contributed by atoms with van der Waals surface area (Å²) in [6.07, 6.45) is 1.16. The molecule has 0 saturated carbocycles. The van der Waals surface area contributed by atoms with Crippen molar-refractivity contribution in [3.8, 4) is 0 Å². The molecular formula is C18H22N6O3S3. The maximum Gasteiger partial charge on any atom is 0.236 e. The van der Waals surface area contributed by atoms with Crippen molar-refractivity contribution in [1.82, 2.24) is 19.7 Å². The van der Waals surface area contributed by atoms with Gasteiger partial charge in [-0.1, -0.05) is 30.0 Å². The number of benzene rings is 1. The first kappa shape index (κ1) is 22.2. The average molecular weight is 467 g/mol. The van der Waals surface area contributed by atoms with Crippen molar-refractivity contribution >= 4 is 49.8 Å². The van der Waals surface area contributed by atoms with Crippen LogP contribution >= 0.6 is 23.1 Å². The van der Waals surface area contributed by atoms with E-state index in [9.17, 15) is 13.2 Å². The molecule has 3 aromatic rings. The molecule has 0 atom stereocenters. The number of carbonyl (C=O) groups excluding carboxylic acids is 1. The highest BCUT2D eigenvalue weighted by Crippen LogP contribution is 2.23. The van der Waals surface area contributed by atoms with Gasteiger partial charge in [0.05, 0.1) is 29.9 Å². The van der Waals surface area contributed by atoms with Crippen molar-refractivity contribution in [2.24, 2.45) is 0 Å². The molecule has 0 saturated heterocycles. The Kier molecular flexibility index (Phi) is 7.10. The van der Waals surface area contributed by atoms with E-state index < -0.39 is 10.0 Å². The summed E-state index contributed by atoms with van der Waals surface area (Å²) in [5, 5.41) is 14.1. The van der Waals surface area contributed by atoms with E-state index in [1.54, 1.807) is 24.3 Å². The summed E-state index contributed by atoms with van der Waals surface area (Å²) in [5.41, 5.74) is 1.41. The predicted octanol–water partition coefficient (Wildman–Crippen LogP) is 2.76. The molecule has 2 heterocycles. The van der Waals surface area contributed by atoms with Gasteiger partial charge in [-0.3, -0.25) is 9.10 Å². The Morgan fingerprint density at radius 3 is 2.60 bits per heavy atom. The van der Waals surface area contributed by atoms with Gasteiger partial charge in [-0.2, -0.15) is 0 Å². The van der Waals surface area contributed by atoms with Crippen LogP contribution in [-0.4, -0.2) is 46.1 Å². The van der Waals surface area contributed by atoms with Crippen molar-refractivity contribution in [1.29, 1.82) is 0 Å². The molecule has 1 amide bonds. The lowest BCUT2D eigenvalue weighted by Gasteiger charge is -2.22. The summed E-state index contributed by atoms with van der Waals surface area (Å²) < 4.78 is 27.8. The van der Waals surface area contributed by atoms with E-state index in [0.29, 0.717) is 28.3 Å². The number of aromatic nitrogens is 4. The molecule has 1 N–H and O–H groups in total. The second-order valence-electron chi connectivity index (χ2n) is 6.38. The Hall–Kier alpha value is -2.44. The Balaban J connectivity index is 1.72. The fraction of sp³-hybridized carbons (Fsp3) is 0.333. The zero-order chi connectivity index (χ0) is 21.7. The number of thiazole rings is 1. The zero-order valence-electron chi connectivity index (χ0n) is 16.8. The summed E-state index contributed by atoms with van der Waals surface area (Å²) in [5.74, 6) is 0.458. The summed E-state index contributed by atoms with van der Waals surface area (Å²) in [6.45, 7) is 4.38. The van der Waals surface area contributed by atoms with Crippen molar-refractivity contribution < 1.29 is 13.2 Å². The lowest BCUT2D eigenvalue weighted by Crippen LogP contribution is -2.30. The molecule has 0 spiro atoms. The molecule has 160 valence electrons. The molecule has 30 heavy (non-hydrogen) atoms. The van der Waals surface area contributed by atoms with E-state index >= 15 is 0 Å². The van der Waals surface area contributed by atoms with E-state index in [0.717, 1.165) is 11.9 Å². The third-order valence-corrected chi connectivity index (χ3v) is 7.02. The van der Waals surface area contributed by atoms with Crippen molar-refractivity contribution in [3.05, 3.63) is 47.2 Å². The highest BCUT2D eigenvalue weighted by molar-refractivity contribution is 7.99. The molecule has 12 heteroatoms. The van der Waals surface area contributed by atoms with Gasteiger partial charge in [0, 0.05) is 11.9 Å². The lowest BCUT2D eigenvalue weighted by atomic mass is 10.3. The van der Waals surface area contributed by atoms with Crippen molar-refractivity contribution in [2.75, 3.05) is 21.6 Å². The quantitative estimate of drug-likeness (QED) is 0.483. The molecular weight excluding hydrogens is 444 g/mol. The van der Waals surface area contributed by atoms with Gasteiger partial charge in [0.15, 0.2) is 16.1 Å². The zero-order valence-corrected chi connectivity index (χ0v) is 19.2. The SMILES string of the molecule is CCn1c(CN(c2ccccc2)S(C)(=O)=O)nnc1SCC(=O)Nc1nc(C)cs1. The standard InChI is InChI=1S/C18H22N6O3S3/c1-4-23-15(10-24(30(3,26)27)14-8-6-5-7-9-14)21-22-18(23)29-12-16(25)20-17-19-13(2)11-28-17/h5-9,11H,4,10,12H2,1-3H3,(H,19,20,25). The van der Waals surface area contributed by atoms with E-state index in [1.807, 2.05) is 29.9 Å². The van der Waals surface area contributed by atoms with E-state index in [-0.39, 0.29) is 18.2 Å². The van der Waals surface area contributed by atoms with Gasteiger partial charge in [-0.25, -0.2) is 13.4 Å². The molecule has 1 aromatic carbocycles. The number of carbonyl (C=O) groups is 1. The van der Waals surface area contributed by atoms with Crippen LogP contribution in [0.1, 0.15) is 18.4 Å². The third kappa shape index (κ3) is 5.58. The minimum Gasteiger partial charge on any atom is -0.305 e. The molecule has 0 aliphatic heterocycles. The first-order chi connectivity index (χ1) is 14.3. The number of sulfonamides is 1. The normalized spacial score (nSPS) is 11.4. The Bertz CT molecular complexity index is 1110. The molecule has 3 rings (SSSR count). The molecule has 0 unspecified atom stereocenters. The number of amides is 1. The average Bonchev–Trinajstić information content (AvgIpc) is 3.29. The maximum atomic E-state index is 12.3. The van der Waals surface area contributed by atoms with Crippen LogP contribution in [0.3, 0.4) is 0 Å². The number of nitrogens with one attached hydrogen (secondary N) is 1. The summed E-state index contributed by atoms with van der Waals surface area (Å²) >= 11 is 2.61. The minimum atomic E-state index is -3.51. The number of rotatable bonds is 9. The highest BCUT2D eigenvalue weighted by Gasteiger charge is 2.22. The number of hydrogen-bond acceptors (Lipinski definition) is 8. The van der Waals surface area contributed by atoms with Gasteiger partial charge in [0.25, 0.3) is 0 Å². The van der Waals surface area contributed by atoms with E-state index in [1.165, 1.54) is 27.4 Å². The number of aryl methyl sites for hydroxylation is 1. The molecule has 9 nitrogen and oxygen atoms in total. The number of hydrogen-bond donors (Lipinski definition) is 1. The first-order valence-electron chi connectivity index (χ1n) is 9.07. The van der Waals surface area contributed by atoms with Crippen LogP contribution in [0.2, 0.25) is 0 Å². The third-order valence-electron chi connectivity index (χ3n) is 4.04. The number of para-hydroxylation sites is 1. The van der Waals surface area contributed by atoms with E-state index in [4.69, 9.17) is 0 Å². The minimum absolute atomic E-state index is 0.0504. The van der Waals surface area contributed by atoms with Gasteiger partial charge in [-0.05, 0) is 26.0 Å². The van der Waals surface area contributed by atoms with Gasteiger partial charge >= 0.3 is 0 Å². The summed E-state index contributed by atoms with van der Waals surface area (Å²) in [4.78, 5) is 16.4. The number of thioether (sulfide) groups is 1. The van der Waals surface area contributed by atoms with Crippen LogP contribution in [0.4, 0.5) is 10.8 Å². The second-order valence-corrected chi connectivity index (χ2v) is 10.1. The van der Waals surface area contributed by atoms with Gasteiger partial charge in [0.2, 0.25) is 15.9 Å². The molecule has 0 bridgehead atoms. The Morgan fingerprint density at radius 1 is 1.27 bits per heavy atom. The largest absolute Gasteiger partial charge is 0.305 e. The fourth-order valence-electron chi connectivity index (χ4n) is 2.68. The lowest BCUT2D eigenvalue weighted by molar-refractivity contribution is -0.113. The van der Waals surface area contributed by atoms with Crippen LogP contribution in [-0.2, 0) is 27.9 Å². The molecule has 0 aliphatic rings. The Morgan fingerprint density at radius 2 is 2.00 bits per heavy atom. The van der Waals surface area contributed by atoms with Crippen molar-refractivity contribution in [2.45, 2.75) is 32.1 Å². The predicted molar refractivity (Wildman–Crippen MR) is 119 cm³/mol. The molecule has 0 radical (unpaired) electrons. The fourth-order valence-corrected chi connectivity index (χ4v) is 5.06. The van der Waals surface area contributed by atoms with Crippen LogP contribution in [0.15, 0.2) is 40.9 Å². The summed E-state index contributed by atoms with van der Waals surface area (Å²) in [6, 6.07) is 8.84. The Labute approximate surface area is 183 Å². The summed E-state index contributed by atoms with van der Waals surface area (Å²) in [7, 11) is -3.51. The van der Waals surface area contributed by atoms with Crippen LogP contribution in [0, 0.1) is 6.92 Å². The molecule has 0 fully saturated rings. The highest BCUT2D eigenvalue weighted by atomic mass is 32.2. The van der Waals surface area contributed by atoms with E-state index in [2.05, 4.69) is 20.5 Å². The van der Waals surface area contributed by atoms with Gasteiger partial charge in [0.1, 0.15) is 0 Å². The van der Waals surface area contributed by atoms with Crippen LogP contribution < -0.4 is 9.62 Å². The van der Waals surface area contributed by atoms with Crippen molar-refractivity contribution in [3.63, 3.8) is 0 Å².